The minimum Gasteiger partial charge on any atom is -0.365 e. The Morgan fingerprint density at radius 1 is 1.03 bits per heavy atom. The maximum atomic E-state index is 13.4. The topological polar surface area (TPSA) is 113 Å². The van der Waals surface area contributed by atoms with Crippen LogP contribution in [0.2, 0.25) is 0 Å². The second-order valence-corrected chi connectivity index (χ2v) is 12.6. The van der Waals surface area contributed by atoms with Gasteiger partial charge < -0.3 is 11.1 Å². The molecule has 10 heteroatoms. The monoisotopic (exact) mass is 538 g/mol. The molecule has 3 N–H and O–H groups in total. The average molecular weight is 539 g/mol. The average Bonchev–Trinajstić information content (AvgIpc) is 3.25. The summed E-state index contributed by atoms with van der Waals surface area (Å²) in [5.74, 6) is -0.983. The predicted molar refractivity (Wildman–Crippen MR) is 146 cm³/mol. The fourth-order valence-corrected chi connectivity index (χ4v) is 7.86. The Labute approximate surface area is 221 Å². The van der Waals surface area contributed by atoms with E-state index in [0.29, 0.717) is 47.4 Å². The van der Waals surface area contributed by atoms with Crippen LogP contribution >= 0.6 is 11.3 Å². The number of carbonyl (C=O) groups is 2. The molecule has 0 spiro atoms. The number of benzene rings is 2. The molecule has 0 unspecified atom stereocenters. The first-order valence-electron chi connectivity index (χ1n) is 12.4. The third-order valence-corrected chi connectivity index (χ3v) is 10.0. The van der Waals surface area contributed by atoms with Crippen molar-refractivity contribution in [2.45, 2.75) is 50.6 Å². The highest BCUT2D eigenvalue weighted by Crippen LogP contribution is 2.38. The molecule has 0 radical (unpaired) electrons. The molecule has 0 bridgehead atoms. The van der Waals surface area contributed by atoms with E-state index in [-0.39, 0.29) is 4.90 Å². The number of hydrogen-bond donors (Lipinski definition) is 2. The van der Waals surface area contributed by atoms with Crippen LogP contribution < -0.4 is 15.4 Å². The number of nitrogens with two attached hydrogens (primary N) is 1. The third kappa shape index (κ3) is 4.76. The van der Waals surface area contributed by atoms with E-state index in [0.717, 1.165) is 35.4 Å². The Balaban J connectivity index is 1.37. The van der Waals surface area contributed by atoms with E-state index >= 15 is 0 Å². The van der Waals surface area contributed by atoms with Crippen molar-refractivity contribution in [1.29, 1.82) is 0 Å². The number of amides is 2. The molecule has 2 aliphatic heterocycles. The van der Waals surface area contributed by atoms with Crippen molar-refractivity contribution in [3.05, 3.63) is 75.7 Å². The SMILES string of the molecule is CC(C)N1CCc2c(sc(NC(=O)c3ccc(S(=O)(=O)N4CCCc5ccccc54)cc3)c2C(N)=O)C1. The smallest absolute Gasteiger partial charge is 0.264 e. The maximum Gasteiger partial charge on any atom is 0.264 e. The third-order valence-electron chi connectivity index (χ3n) is 7.06. The molecule has 37 heavy (non-hydrogen) atoms. The second-order valence-electron chi connectivity index (χ2n) is 9.67. The van der Waals surface area contributed by atoms with Gasteiger partial charge in [-0.1, -0.05) is 18.2 Å². The Bertz CT molecular complexity index is 1460. The van der Waals surface area contributed by atoms with Gasteiger partial charge in [0.15, 0.2) is 0 Å². The maximum absolute atomic E-state index is 13.4. The Morgan fingerprint density at radius 2 is 1.76 bits per heavy atom. The van der Waals surface area contributed by atoms with Crippen molar-refractivity contribution >= 4 is 43.9 Å². The van der Waals surface area contributed by atoms with Gasteiger partial charge in [0.25, 0.3) is 21.8 Å². The first-order valence-corrected chi connectivity index (χ1v) is 14.6. The molecule has 0 atom stereocenters. The number of primary amides is 1. The lowest BCUT2D eigenvalue weighted by Gasteiger charge is -2.30. The van der Waals surface area contributed by atoms with Crippen LogP contribution in [0.1, 0.15) is 57.0 Å². The zero-order chi connectivity index (χ0) is 26.3. The number of hydrogen-bond acceptors (Lipinski definition) is 6. The van der Waals surface area contributed by atoms with Crippen LogP contribution in [-0.4, -0.2) is 44.3 Å². The number of aryl methyl sites for hydroxylation is 1. The normalized spacial score (nSPS) is 15.8. The fraction of sp³-hybridized carbons (Fsp3) is 0.333. The summed E-state index contributed by atoms with van der Waals surface area (Å²) in [5, 5.41) is 3.28. The Hall–Kier alpha value is -3.21. The number of carbonyl (C=O) groups excluding carboxylic acids is 2. The lowest BCUT2D eigenvalue weighted by atomic mass is 10.0. The summed E-state index contributed by atoms with van der Waals surface area (Å²) in [7, 11) is -3.77. The van der Waals surface area contributed by atoms with Gasteiger partial charge in [0.2, 0.25) is 0 Å². The van der Waals surface area contributed by atoms with Crippen molar-refractivity contribution in [1.82, 2.24) is 4.90 Å². The first-order chi connectivity index (χ1) is 17.7. The van der Waals surface area contributed by atoms with Crippen molar-refractivity contribution in [2.24, 2.45) is 5.73 Å². The van der Waals surface area contributed by atoms with Crippen LogP contribution in [0.3, 0.4) is 0 Å². The molecular formula is C27H30N4O4S2. The predicted octanol–water partition coefficient (Wildman–Crippen LogP) is 4.01. The van der Waals surface area contributed by atoms with Crippen LogP contribution in [0, 0.1) is 0 Å². The van der Waals surface area contributed by atoms with Gasteiger partial charge in [-0.3, -0.25) is 18.8 Å². The lowest BCUT2D eigenvalue weighted by Crippen LogP contribution is -2.35. The number of rotatable bonds is 6. The molecule has 2 amide bonds. The summed E-state index contributed by atoms with van der Waals surface area (Å²) in [6.45, 7) is 6.20. The van der Waals surface area contributed by atoms with Crippen LogP contribution in [0.5, 0.6) is 0 Å². The van der Waals surface area contributed by atoms with Gasteiger partial charge in [-0.25, -0.2) is 8.42 Å². The van der Waals surface area contributed by atoms with Gasteiger partial charge in [0, 0.05) is 36.1 Å². The summed E-state index contributed by atoms with van der Waals surface area (Å²) in [5.41, 5.74) is 8.99. The standard InChI is InChI=1S/C27H30N4O4S2/c1-17(2)30-15-13-21-23(16-30)36-27(24(21)25(28)32)29-26(33)19-9-11-20(12-10-19)37(34,35)31-14-5-7-18-6-3-4-8-22(18)31/h3-4,6,8-12,17H,5,7,13-16H2,1-2H3,(H2,28,32)(H,29,33). The molecule has 2 aromatic carbocycles. The van der Waals surface area contributed by atoms with Crippen LogP contribution in [0.25, 0.3) is 0 Å². The largest absolute Gasteiger partial charge is 0.365 e. The first kappa shape index (κ1) is 25.4. The molecule has 8 nitrogen and oxygen atoms in total. The number of anilines is 2. The van der Waals surface area contributed by atoms with E-state index < -0.39 is 21.8 Å². The molecule has 0 aliphatic carbocycles. The van der Waals surface area contributed by atoms with Crippen LogP contribution in [0.4, 0.5) is 10.7 Å². The van der Waals surface area contributed by atoms with Crippen molar-refractivity contribution in [3.63, 3.8) is 0 Å². The van der Waals surface area contributed by atoms with Gasteiger partial charge in [-0.05, 0) is 74.6 Å². The fourth-order valence-electron chi connectivity index (χ4n) is 5.04. The summed E-state index contributed by atoms with van der Waals surface area (Å²) in [4.78, 5) is 28.8. The van der Waals surface area contributed by atoms with E-state index in [1.807, 2.05) is 24.3 Å². The van der Waals surface area contributed by atoms with Crippen LogP contribution in [0.15, 0.2) is 53.4 Å². The Kier molecular flexibility index (Phi) is 6.82. The van der Waals surface area contributed by atoms with Crippen LogP contribution in [-0.2, 0) is 29.4 Å². The number of thiophene rings is 1. The van der Waals surface area contributed by atoms with E-state index in [4.69, 9.17) is 5.73 Å². The molecule has 1 aromatic heterocycles. The van der Waals surface area contributed by atoms with E-state index in [1.165, 1.54) is 39.9 Å². The number of nitrogens with one attached hydrogen (secondary N) is 1. The van der Waals surface area contributed by atoms with Crippen molar-refractivity contribution < 1.29 is 18.0 Å². The molecule has 3 heterocycles. The van der Waals surface area contributed by atoms with Gasteiger partial charge in [0.05, 0.1) is 16.1 Å². The van der Waals surface area contributed by atoms with Gasteiger partial charge >= 0.3 is 0 Å². The van der Waals surface area contributed by atoms with Crippen molar-refractivity contribution in [3.8, 4) is 0 Å². The van der Waals surface area contributed by atoms with Gasteiger partial charge in [-0.15, -0.1) is 11.3 Å². The zero-order valence-electron chi connectivity index (χ0n) is 20.9. The minimum absolute atomic E-state index is 0.124. The van der Waals surface area contributed by atoms with E-state index in [1.54, 1.807) is 0 Å². The number of nitrogens with zero attached hydrogens (tertiary/aromatic N) is 2. The highest BCUT2D eigenvalue weighted by Gasteiger charge is 2.30. The molecule has 0 saturated heterocycles. The molecule has 3 aromatic rings. The highest BCUT2D eigenvalue weighted by molar-refractivity contribution is 7.92. The Morgan fingerprint density at radius 3 is 2.46 bits per heavy atom. The second kappa shape index (κ2) is 9.92. The molecule has 5 rings (SSSR count). The number of para-hydroxylation sites is 1. The summed E-state index contributed by atoms with van der Waals surface area (Å²) in [6.07, 6.45) is 2.29. The van der Waals surface area contributed by atoms with Gasteiger partial charge in [-0.2, -0.15) is 0 Å². The molecule has 0 saturated carbocycles. The summed E-state index contributed by atoms with van der Waals surface area (Å²) in [6, 6.07) is 13.8. The molecule has 2 aliphatic rings. The lowest BCUT2D eigenvalue weighted by molar-refractivity contribution is 0.0999. The highest BCUT2D eigenvalue weighted by atomic mass is 32.2. The van der Waals surface area contributed by atoms with E-state index in [9.17, 15) is 18.0 Å². The van der Waals surface area contributed by atoms with Gasteiger partial charge in [0.1, 0.15) is 5.00 Å². The molecule has 0 fully saturated rings. The summed E-state index contributed by atoms with van der Waals surface area (Å²) >= 11 is 1.38. The quantitative estimate of drug-likeness (QED) is 0.493. The molecular weight excluding hydrogens is 508 g/mol. The molecule has 194 valence electrons. The summed E-state index contributed by atoms with van der Waals surface area (Å²) < 4.78 is 28.2. The number of fused-ring (bicyclic) bond motifs is 2. The van der Waals surface area contributed by atoms with Crippen molar-refractivity contribution in [2.75, 3.05) is 22.7 Å². The number of sulfonamides is 1. The minimum atomic E-state index is -3.77. The van der Waals surface area contributed by atoms with E-state index in [2.05, 4.69) is 24.1 Å². The zero-order valence-corrected chi connectivity index (χ0v) is 22.5.